The van der Waals surface area contributed by atoms with Crippen LogP contribution in [0.3, 0.4) is 0 Å². The molecule has 5 aliphatic rings. The average Bonchev–Trinajstić information content (AvgIpc) is 2.64. The quantitative estimate of drug-likeness (QED) is 0.774. The number of ketones is 1. The van der Waals surface area contributed by atoms with E-state index in [0.717, 1.165) is 19.3 Å². The van der Waals surface area contributed by atoms with Gasteiger partial charge in [-0.2, -0.15) is 0 Å². The molecule has 6 rings (SSSR count). The van der Waals surface area contributed by atoms with Crippen LogP contribution in [0.5, 0.6) is 11.5 Å². The van der Waals surface area contributed by atoms with E-state index < -0.39 is 5.97 Å². The molecule has 0 unspecified atom stereocenters. The lowest BCUT2D eigenvalue weighted by atomic mass is 9.48. The summed E-state index contributed by atoms with van der Waals surface area (Å²) < 4.78 is 16.4. The molecule has 5 nitrogen and oxygen atoms in total. The minimum absolute atomic E-state index is 0.112. The van der Waals surface area contributed by atoms with E-state index in [1.54, 1.807) is 18.2 Å². The third kappa shape index (κ3) is 2.68. The Kier molecular flexibility index (Phi) is 3.73. The van der Waals surface area contributed by atoms with Gasteiger partial charge in [0, 0.05) is 5.41 Å². The highest BCUT2D eigenvalue weighted by molar-refractivity contribution is 5.93. The first-order valence-corrected chi connectivity index (χ1v) is 9.71. The van der Waals surface area contributed by atoms with Crippen molar-refractivity contribution in [3.8, 4) is 11.5 Å². The third-order valence-electron chi connectivity index (χ3n) is 6.74. The Morgan fingerprint density at radius 1 is 0.962 bits per heavy atom. The fourth-order valence-corrected chi connectivity index (χ4v) is 5.99. The molecule has 0 amide bonds. The predicted octanol–water partition coefficient (Wildman–Crippen LogP) is 3.40. The molecular formula is C21H24O5. The van der Waals surface area contributed by atoms with Gasteiger partial charge in [-0.25, -0.2) is 4.79 Å². The van der Waals surface area contributed by atoms with E-state index in [0.29, 0.717) is 48.0 Å². The largest absolute Gasteiger partial charge is 0.486 e. The van der Waals surface area contributed by atoms with Gasteiger partial charge >= 0.3 is 5.97 Å². The first-order chi connectivity index (χ1) is 12.6. The molecule has 0 radical (unpaired) electrons. The van der Waals surface area contributed by atoms with Crippen LogP contribution >= 0.6 is 0 Å². The summed E-state index contributed by atoms with van der Waals surface area (Å²) in [7, 11) is 0. The summed E-state index contributed by atoms with van der Waals surface area (Å²) in [4.78, 5) is 25.3. The average molecular weight is 356 g/mol. The number of benzene rings is 1. The van der Waals surface area contributed by atoms with Crippen molar-refractivity contribution in [2.45, 2.75) is 38.5 Å². The van der Waals surface area contributed by atoms with E-state index in [1.807, 2.05) is 0 Å². The van der Waals surface area contributed by atoms with E-state index in [2.05, 4.69) is 0 Å². The number of rotatable bonds is 4. The van der Waals surface area contributed by atoms with Gasteiger partial charge in [0.2, 0.25) is 0 Å². The van der Waals surface area contributed by atoms with Gasteiger partial charge in [0.1, 0.15) is 13.2 Å². The van der Waals surface area contributed by atoms with E-state index in [9.17, 15) is 9.59 Å². The van der Waals surface area contributed by atoms with E-state index in [-0.39, 0.29) is 17.8 Å². The highest BCUT2D eigenvalue weighted by Crippen LogP contribution is 2.60. The van der Waals surface area contributed by atoms with Crippen molar-refractivity contribution >= 4 is 11.8 Å². The lowest BCUT2D eigenvalue weighted by Gasteiger charge is -2.55. The van der Waals surface area contributed by atoms with Crippen LogP contribution < -0.4 is 9.47 Å². The second kappa shape index (κ2) is 6.00. The number of ether oxygens (including phenoxy) is 3. The maximum atomic E-state index is 12.9. The van der Waals surface area contributed by atoms with Gasteiger partial charge in [0.05, 0.1) is 5.56 Å². The van der Waals surface area contributed by atoms with Crippen molar-refractivity contribution in [2.24, 2.45) is 23.2 Å². The maximum Gasteiger partial charge on any atom is 0.338 e. The number of fused-ring (bicyclic) bond motifs is 1. The number of carbonyl (C=O) groups excluding carboxylic acids is 2. The van der Waals surface area contributed by atoms with Gasteiger partial charge in [0.15, 0.2) is 23.9 Å². The molecule has 0 atom stereocenters. The van der Waals surface area contributed by atoms with E-state index in [4.69, 9.17) is 14.2 Å². The Labute approximate surface area is 153 Å². The number of hydrogen-bond acceptors (Lipinski definition) is 5. The van der Waals surface area contributed by atoms with E-state index >= 15 is 0 Å². The Morgan fingerprint density at radius 3 is 2.23 bits per heavy atom. The standard InChI is InChI=1S/C21H24O5/c22-19(21-9-13-5-14(10-21)7-15(6-13)11-21)12-26-20(23)16-1-2-17-18(8-16)25-4-3-24-17/h1-2,8,13-15H,3-7,9-12H2. The number of hydrogen-bond donors (Lipinski definition) is 0. The SMILES string of the molecule is O=C(OCC(=O)C12CC3CC(CC(C3)C1)C2)c1ccc2c(c1)OCCO2. The topological polar surface area (TPSA) is 61.8 Å². The lowest BCUT2D eigenvalue weighted by molar-refractivity contribution is -0.147. The fraction of sp³-hybridized carbons (Fsp3) is 0.619. The number of carbonyl (C=O) groups is 2. The molecule has 0 spiro atoms. The minimum atomic E-state index is -0.472. The van der Waals surface area contributed by atoms with Gasteiger partial charge < -0.3 is 14.2 Å². The number of Topliss-reactive ketones (excluding diaryl/α,β-unsaturated/α-hetero) is 1. The molecule has 1 heterocycles. The summed E-state index contributed by atoms with van der Waals surface area (Å²) in [6, 6.07) is 5.00. The van der Waals surface area contributed by atoms with Crippen LogP contribution in [0.1, 0.15) is 48.9 Å². The lowest BCUT2D eigenvalue weighted by Crippen LogP contribution is -2.51. The Balaban J connectivity index is 1.25. The van der Waals surface area contributed by atoms with Crippen LogP contribution in [0, 0.1) is 23.2 Å². The molecule has 26 heavy (non-hydrogen) atoms. The molecule has 4 fully saturated rings. The predicted molar refractivity (Wildman–Crippen MR) is 93.3 cm³/mol. The molecule has 0 N–H and O–H groups in total. The van der Waals surface area contributed by atoms with Gasteiger partial charge in [-0.1, -0.05) is 0 Å². The molecule has 4 aliphatic carbocycles. The van der Waals surface area contributed by atoms with Crippen LogP contribution in [0.25, 0.3) is 0 Å². The molecule has 1 aromatic carbocycles. The van der Waals surface area contributed by atoms with Gasteiger partial charge in [-0.3, -0.25) is 4.79 Å². The Hall–Kier alpha value is -2.04. The summed E-state index contributed by atoms with van der Waals surface area (Å²) in [6.07, 6.45) is 6.88. The van der Waals surface area contributed by atoms with Gasteiger partial charge in [0.25, 0.3) is 0 Å². The molecule has 1 aliphatic heterocycles. The van der Waals surface area contributed by atoms with Crippen LogP contribution in [0.15, 0.2) is 18.2 Å². The monoisotopic (exact) mass is 356 g/mol. The molecule has 0 aromatic heterocycles. The number of esters is 1. The summed E-state index contributed by atoms with van der Waals surface area (Å²) in [5, 5.41) is 0. The molecule has 0 saturated heterocycles. The molecule has 5 heteroatoms. The van der Waals surface area contributed by atoms with Crippen molar-refractivity contribution < 1.29 is 23.8 Å². The second-order valence-electron chi connectivity index (χ2n) is 8.56. The van der Waals surface area contributed by atoms with Crippen molar-refractivity contribution in [1.29, 1.82) is 0 Å². The molecule has 4 bridgehead atoms. The zero-order valence-electron chi connectivity index (χ0n) is 14.9. The molecule has 1 aromatic rings. The van der Waals surface area contributed by atoms with Crippen molar-refractivity contribution in [2.75, 3.05) is 19.8 Å². The highest BCUT2D eigenvalue weighted by Gasteiger charge is 2.54. The highest BCUT2D eigenvalue weighted by atomic mass is 16.6. The summed E-state index contributed by atoms with van der Waals surface area (Å²) in [5.41, 5.74) is 0.175. The van der Waals surface area contributed by atoms with E-state index in [1.165, 1.54) is 19.3 Å². The first-order valence-electron chi connectivity index (χ1n) is 9.71. The normalized spacial score (nSPS) is 33.8. The van der Waals surface area contributed by atoms with Gasteiger partial charge in [-0.05, 0) is 74.5 Å². The first kappa shape index (κ1) is 16.2. The van der Waals surface area contributed by atoms with Crippen molar-refractivity contribution in [3.05, 3.63) is 23.8 Å². The molecule has 4 saturated carbocycles. The minimum Gasteiger partial charge on any atom is -0.486 e. The zero-order chi connectivity index (χ0) is 17.7. The zero-order valence-corrected chi connectivity index (χ0v) is 14.9. The molecular weight excluding hydrogens is 332 g/mol. The molecule has 138 valence electrons. The second-order valence-corrected chi connectivity index (χ2v) is 8.56. The fourth-order valence-electron chi connectivity index (χ4n) is 5.99. The van der Waals surface area contributed by atoms with Crippen LogP contribution in [-0.2, 0) is 9.53 Å². The van der Waals surface area contributed by atoms with Crippen LogP contribution in [-0.4, -0.2) is 31.6 Å². The third-order valence-corrected chi connectivity index (χ3v) is 6.74. The van der Waals surface area contributed by atoms with Gasteiger partial charge in [-0.15, -0.1) is 0 Å². The van der Waals surface area contributed by atoms with Crippen molar-refractivity contribution in [1.82, 2.24) is 0 Å². The Morgan fingerprint density at radius 2 is 1.58 bits per heavy atom. The van der Waals surface area contributed by atoms with Crippen LogP contribution in [0.2, 0.25) is 0 Å². The summed E-state index contributed by atoms with van der Waals surface area (Å²) in [6.45, 7) is 0.867. The summed E-state index contributed by atoms with van der Waals surface area (Å²) in [5.74, 6) is 2.97. The Bertz CT molecular complexity index is 717. The van der Waals surface area contributed by atoms with Crippen LogP contribution in [0.4, 0.5) is 0 Å². The smallest absolute Gasteiger partial charge is 0.338 e. The maximum absolute atomic E-state index is 12.9. The summed E-state index contributed by atoms with van der Waals surface area (Å²) >= 11 is 0. The van der Waals surface area contributed by atoms with Crippen molar-refractivity contribution in [3.63, 3.8) is 0 Å².